The molecule has 0 N–H and O–H groups in total. The summed E-state index contributed by atoms with van der Waals surface area (Å²) in [5.41, 5.74) is 0. The summed E-state index contributed by atoms with van der Waals surface area (Å²) in [5.74, 6) is 0.566. The molecular weight excluding hydrogens is 176 g/mol. The number of hydrogen-bond acceptors (Lipinski definition) is 2. The second-order valence-corrected chi connectivity index (χ2v) is 3.69. The summed E-state index contributed by atoms with van der Waals surface area (Å²) in [5, 5.41) is 0. The van der Waals surface area contributed by atoms with Gasteiger partial charge in [0.05, 0.1) is 6.10 Å². The first kappa shape index (κ1) is 13.4. The van der Waals surface area contributed by atoms with E-state index in [4.69, 9.17) is 4.74 Å². The summed E-state index contributed by atoms with van der Waals surface area (Å²) in [6, 6.07) is 0. The van der Waals surface area contributed by atoms with Crippen LogP contribution in [0.4, 0.5) is 0 Å². The molecule has 0 spiro atoms. The summed E-state index contributed by atoms with van der Waals surface area (Å²) < 4.78 is 5.39. The molecule has 2 atom stereocenters. The topological polar surface area (TPSA) is 26.3 Å². The number of carbonyl (C=O) groups excluding carboxylic acids is 1. The van der Waals surface area contributed by atoms with Crippen LogP contribution in [-0.2, 0) is 9.53 Å². The van der Waals surface area contributed by atoms with Gasteiger partial charge in [-0.1, -0.05) is 32.8 Å². The third-order valence-electron chi connectivity index (χ3n) is 2.53. The molecule has 0 fully saturated rings. The SMILES string of the molecule is CCCCC(C)C(CC=CC=O)OC. The van der Waals surface area contributed by atoms with Crippen LogP contribution in [0.5, 0.6) is 0 Å². The fourth-order valence-electron chi connectivity index (χ4n) is 1.54. The lowest BCUT2D eigenvalue weighted by atomic mass is 9.95. The van der Waals surface area contributed by atoms with Crippen molar-refractivity contribution in [2.75, 3.05) is 7.11 Å². The van der Waals surface area contributed by atoms with Gasteiger partial charge in [0.25, 0.3) is 0 Å². The quantitative estimate of drug-likeness (QED) is 0.443. The lowest BCUT2D eigenvalue weighted by molar-refractivity contribution is -0.104. The van der Waals surface area contributed by atoms with Crippen molar-refractivity contribution in [2.24, 2.45) is 5.92 Å². The van der Waals surface area contributed by atoms with Crippen LogP contribution in [0.3, 0.4) is 0 Å². The average Bonchev–Trinajstić information content (AvgIpc) is 2.21. The Morgan fingerprint density at radius 3 is 2.64 bits per heavy atom. The molecule has 0 aliphatic rings. The van der Waals surface area contributed by atoms with Crippen LogP contribution in [0.2, 0.25) is 0 Å². The number of methoxy groups -OCH3 is 1. The molecule has 2 nitrogen and oxygen atoms in total. The summed E-state index contributed by atoms with van der Waals surface area (Å²) >= 11 is 0. The minimum Gasteiger partial charge on any atom is -0.381 e. The monoisotopic (exact) mass is 198 g/mol. The molecule has 0 radical (unpaired) electrons. The van der Waals surface area contributed by atoms with E-state index in [0.717, 1.165) is 12.7 Å². The van der Waals surface area contributed by atoms with Crippen LogP contribution in [0.1, 0.15) is 39.5 Å². The van der Waals surface area contributed by atoms with E-state index in [0.29, 0.717) is 5.92 Å². The molecule has 14 heavy (non-hydrogen) atoms. The highest BCUT2D eigenvalue weighted by atomic mass is 16.5. The Balaban J connectivity index is 3.85. The van der Waals surface area contributed by atoms with Gasteiger partial charge in [-0.25, -0.2) is 0 Å². The van der Waals surface area contributed by atoms with Gasteiger partial charge in [0.1, 0.15) is 6.29 Å². The molecule has 0 aromatic heterocycles. The third-order valence-corrected chi connectivity index (χ3v) is 2.53. The maximum atomic E-state index is 10.1. The van der Waals surface area contributed by atoms with Gasteiger partial charge in [-0.05, 0) is 24.8 Å². The third kappa shape index (κ3) is 5.92. The highest BCUT2D eigenvalue weighted by molar-refractivity contribution is 5.64. The van der Waals surface area contributed by atoms with Gasteiger partial charge >= 0.3 is 0 Å². The molecule has 0 bridgehead atoms. The van der Waals surface area contributed by atoms with E-state index in [-0.39, 0.29) is 6.10 Å². The van der Waals surface area contributed by atoms with Crippen molar-refractivity contribution in [1.82, 2.24) is 0 Å². The van der Waals surface area contributed by atoms with Gasteiger partial charge in [-0.2, -0.15) is 0 Å². The van der Waals surface area contributed by atoms with Gasteiger partial charge in [0, 0.05) is 7.11 Å². The maximum absolute atomic E-state index is 10.1. The molecular formula is C12H22O2. The Bertz CT molecular complexity index is 164. The predicted octanol–water partition coefficient (Wildman–Crippen LogP) is 2.97. The minimum atomic E-state index is 0.248. The van der Waals surface area contributed by atoms with Crippen LogP contribution < -0.4 is 0 Å². The van der Waals surface area contributed by atoms with Crippen molar-refractivity contribution >= 4 is 6.29 Å². The maximum Gasteiger partial charge on any atom is 0.142 e. The molecule has 82 valence electrons. The Labute approximate surface area is 87.3 Å². The van der Waals surface area contributed by atoms with Gasteiger partial charge in [-0.15, -0.1) is 0 Å². The Morgan fingerprint density at radius 1 is 1.43 bits per heavy atom. The molecule has 2 unspecified atom stereocenters. The van der Waals surface area contributed by atoms with Crippen molar-refractivity contribution in [1.29, 1.82) is 0 Å². The molecule has 0 saturated heterocycles. The van der Waals surface area contributed by atoms with Gasteiger partial charge in [0.15, 0.2) is 0 Å². The summed E-state index contributed by atoms with van der Waals surface area (Å²) in [4.78, 5) is 10.1. The van der Waals surface area contributed by atoms with Crippen LogP contribution in [0.25, 0.3) is 0 Å². The molecule has 0 aliphatic carbocycles. The average molecular weight is 198 g/mol. The minimum absolute atomic E-state index is 0.248. The molecule has 0 heterocycles. The standard InChI is InChI=1S/C12H22O2/c1-4-5-8-11(2)12(14-3)9-6-7-10-13/h6-7,10-12H,4-5,8-9H2,1-3H3. The number of ether oxygens (including phenoxy) is 1. The van der Waals surface area contributed by atoms with Gasteiger partial charge in [0.2, 0.25) is 0 Å². The zero-order valence-corrected chi connectivity index (χ0v) is 9.53. The van der Waals surface area contributed by atoms with E-state index >= 15 is 0 Å². The van der Waals surface area contributed by atoms with Crippen molar-refractivity contribution in [2.45, 2.75) is 45.6 Å². The lowest BCUT2D eigenvalue weighted by Crippen LogP contribution is -2.19. The molecule has 0 saturated carbocycles. The van der Waals surface area contributed by atoms with Gasteiger partial charge < -0.3 is 4.74 Å². The molecule has 0 rings (SSSR count). The summed E-state index contributed by atoms with van der Waals surface area (Å²) in [6.45, 7) is 4.40. The number of allylic oxidation sites excluding steroid dienone is 1. The Hall–Kier alpha value is -0.630. The van der Waals surface area contributed by atoms with Crippen LogP contribution >= 0.6 is 0 Å². The smallest absolute Gasteiger partial charge is 0.142 e. The number of rotatable bonds is 8. The number of carbonyl (C=O) groups is 1. The predicted molar refractivity (Wildman–Crippen MR) is 59.3 cm³/mol. The zero-order valence-electron chi connectivity index (χ0n) is 9.53. The first-order chi connectivity index (χ1) is 6.76. The van der Waals surface area contributed by atoms with Crippen molar-refractivity contribution in [3.8, 4) is 0 Å². The molecule has 0 aromatic rings. The zero-order chi connectivity index (χ0) is 10.8. The largest absolute Gasteiger partial charge is 0.381 e. The highest BCUT2D eigenvalue weighted by Crippen LogP contribution is 2.17. The van der Waals surface area contributed by atoms with Crippen molar-refractivity contribution < 1.29 is 9.53 Å². The van der Waals surface area contributed by atoms with E-state index in [1.165, 1.54) is 19.3 Å². The van der Waals surface area contributed by atoms with E-state index in [9.17, 15) is 4.79 Å². The molecule has 0 aromatic carbocycles. The van der Waals surface area contributed by atoms with E-state index in [1.807, 2.05) is 6.08 Å². The van der Waals surface area contributed by atoms with Crippen LogP contribution in [-0.4, -0.2) is 19.5 Å². The Morgan fingerprint density at radius 2 is 2.14 bits per heavy atom. The number of aldehydes is 1. The molecule has 2 heteroatoms. The Kier molecular flexibility index (Phi) is 8.54. The second-order valence-electron chi connectivity index (χ2n) is 3.69. The fraction of sp³-hybridized carbons (Fsp3) is 0.750. The van der Waals surface area contributed by atoms with Crippen molar-refractivity contribution in [3.63, 3.8) is 0 Å². The van der Waals surface area contributed by atoms with Crippen molar-refractivity contribution in [3.05, 3.63) is 12.2 Å². The number of unbranched alkanes of at least 4 members (excludes halogenated alkanes) is 1. The fourth-order valence-corrected chi connectivity index (χ4v) is 1.54. The lowest BCUT2D eigenvalue weighted by Gasteiger charge is -2.21. The second kappa shape index (κ2) is 8.95. The first-order valence-electron chi connectivity index (χ1n) is 5.39. The van der Waals surface area contributed by atoms with E-state index < -0.39 is 0 Å². The molecule has 0 amide bonds. The molecule has 0 aliphatic heterocycles. The highest BCUT2D eigenvalue weighted by Gasteiger charge is 2.14. The number of hydrogen-bond donors (Lipinski definition) is 0. The van der Waals surface area contributed by atoms with E-state index in [1.54, 1.807) is 13.2 Å². The summed E-state index contributed by atoms with van der Waals surface area (Å²) in [7, 11) is 1.74. The van der Waals surface area contributed by atoms with Crippen LogP contribution in [0, 0.1) is 5.92 Å². The normalized spacial score (nSPS) is 15.6. The summed E-state index contributed by atoms with van der Waals surface area (Å²) in [6.07, 6.45) is 8.98. The first-order valence-corrected chi connectivity index (χ1v) is 5.39. The van der Waals surface area contributed by atoms with Crippen LogP contribution in [0.15, 0.2) is 12.2 Å². The van der Waals surface area contributed by atoms with E-state index in [2.05, 4.69) is 13.8 Å². The van der Waals surface area contributed by atoms with Gasteiger partial charge in [-0.3, -0.25) is 4.79 Å².